The number of aromatic nitrogens is 3. The SMILES string of the molecule is CCNCc1ncn(CCCc2ccccc2)n1. The molecule has 0 fully saturated rings. The maximum atomic E-state index is 4.42. The number of nitrogens with zero attached hydrogens (tertiary/aromatic N) is 3. The minimum absolute atomic E-state index is 0.752. The smallest absolute Gasteiger partial charge is 0.164 e. The fraction of sp³-hybridized carbons (Fsp3) is 0.429. The highest BCUT2D eigenvalue weighted by atomic mass is 15.3. The first-order chi connectivity index (χ1) is 8.88. The number of rotatable bonds is 7. The van der Waals surface area contributed by atoms with E-state index in [0.717, 1.165) is 38.3 Å². The van der Waals surface area contributed by atoms with Gasteiger partial charge in [-0.15, -0.1) is 0 Å². The summed E-state index contributed by atoms with van der Waals surface area (Å²) in [4.78, 5) is 4.27. The lowest BCUT2D eigenvalue weighted by Crippen LogP contribution is -2.13. The first-order valence-electron chi connectivity index (χ1n) is 6.51. The predicted octanol–water partition coefficient (Wildman–Crippen LogP) is 2.02. The van der Waals surface area contributed by atoms with Crippen LogP contribution < -0.4 is 5.32 Å². The van der Waals surface area contributed by atoms with E-state index in [9.17, 15) is 0 Å². The van der Waals surface area contributed by atoms with Crippen LogP contribution in [0.3, 0.4) is 0 Å². The maximum absolute atomic E-state index is 4.42. The molecule has 0 spiro atoms. The van der Waals surface area contributed by atoms with Gasteiger partial charge in [0.05, 0.1) is 6.54 Å². The van der Waals surface area contributed by atoms with Gasteiger partial charge in [0.15, 0.2) is 5.82 Å². The Balaban J connectivity index is 1.75. The highest BCUT2D eigenvalue weighted by molar-refractivity contribution is 5.14. The van der Waals surface area contributed by atoms with E-state index < -0.39 is 0 Å². The van der Waals surface area contributed by atoms with Crippen molar-refractivity contribution in [3.05, 3.63) is 48.0 Å². The molecule has 4 nitrogen and oxygen atoms in total. The van der Waals surface area contributed by atoms with Crippen LogP contribution in [0.2, 0.25) is 0 Å². The van der Waals surface area contributed by atoms with E-state index in [1.807, 2.05) is 17.1 Å². The molecule has 0 unspecified atom stereocenters. The van der Waals surface area contributed by atoms with Gasteiger partial charge >= 0.3 is 0 Å². The summed E-state index contributed by atoms with van der Waals surface area (Å²) in [5.41, 5.74) is 1.38. The van der Waals surface area contributed by atoms with E-state index >= 15 is 0 Å². The number of nitrogens with one attached hydrogen (secondary N) is 1. The number of aryl methyl sites for hydroxylation is 2. The lowest BCUT2D eigenvalue weighted by atomic mass is 10.1. The van der Waals surface area contributed by atoms with Crippen LogP contribution in [0.4, 0.5) is 0 Å². The molecule has 18 heavy (non-hydrogen) atoms. The Labute approximate surface area is 108 Å². The van der Waals surface area contributed by atoms with Crippen LogP contribution in [-0.2, 0) is 19.5 Å². The molecule has 0 amide bonds. The second kappa shape index (κ2) is 6.91. The van der Waals surface area contributed by atoms with Crippen molar-refractivity contribution in [1.82, 2.24) is 20.1 Å². The molecule has 0 saturated carbocycles. The first-order valence-corrected chi connectivity index (χ1v) is 6.51. The predicted molar refractivity (Wildman–Crippen MR) is 72.2 cm³/mol. The Bertz CT molecular complexity index is 450. The van der Waals surface area contributed by atoms with E-state index in [1.54, 1.807) is 0 Å². The van der Waals surface area contributed by atoms with Gasteiger partial charge < -0.3 is 5.32 Å². The van der Waals surface area contributed by atoms with Crippen molar-refractivity contribution in [3.8, 4) is 0 Å². The Hall–Kier alpha value is -1.68. The monoisotopic (exact) mass is 244 g/mol. The van der Waals surface area contributed by atoms with Crippen molar-refractivity contribution in [2.75, 3.05) is 6.54 Å². The van der Waals surface area contributed by atoms with Gasteiger partial charge in [-0.25, -0.2) is 4.98 Å². The van der Waals surface area contributed by atoms with E-state index in [2.05, 4.69) is 46.6 Å². The largest absolute Gasteiger partial charge is 0.310 e. The second-order valence-electron chi connectivity index (χ2n) is 4.29. The van der Waals surface area contributed by atoms with E-state index in [4.69, 9.17) is 0 Å². The zero-order valence-corrected chi connectivity index (χ0v) is 10.8. The third-order valence-corrected chi connectivity index (χ3v) is 2.81. The quantitative estimate of drug-likeness (QED) is 0.810. The van der Waals surface area contributed by atoms with Gasteiger partial charge in [-0.1, -0.05) is 37.3 Å². The Morgan fingerprint density at radius 1 is 1.22 bits per heavy atom. The van der Waals surface area contributed by atoms with Crippen LogP contribution in [0.25, 0.3) is 0 Å². The van der Waals surface area contributed by atoms with Gasteiger partial charge in [-0.3, -0.25) is 4.68 Å². The standard InChI is InChI=1S/C14H20N4/c1-2-15-11-14-16-12-18(17-14)10-6-9-13-7-4-3-5-8-13/h3-5,7-8,12,15H,2,6,9-11H2,1H3. The van der Waals surface area contributed by atoms with Crippen molar-refractivity contribution >= 4 is 0 Å². The van der Waals surface area contributed by atoms with E-state index in [0.29, 0.717) is 0 Å². The molecule has 0 bridgehead atoms. The normalized spacial score (nSPS) is 10.7. The summed E-state index contributed by atoms with van der Waals surface area (Å²) in [6.45, 7) is 4.70. The van der Waals surface area contributed by atoms with Gasteiger partial charge in [0.1, 0.15) is 6.33 Å². The third kappa shape index (κ3) is 3.96. The zero-order valence-electron chi connectivity index (χ0n) is 10.8. The molecular formula is C14H20N4. The second-order valence-corrected chi connectivity index (χ2v) is 4.29. The summed E-state index contributed by atoms with van der Waals surface area (Å²) < 4.78 is 1.93. The van der Waals surface area contributed by atoms with Crippen molar-refractivity contribution in [3.63, 3.8) is 0 Å². The Morgan fingerprint density at radius 3 is 2.83 bits per heavy atom. The van der Waals surface area contributed by atoms with Crippen LogP contribution in [0.15, 0.2) is 36.7 Å². The highest BCUT2D eigenvalue weighted by Crippen LogP contribution is 2.03. The van der Waals surface area contributed by atoms with Crippen LogP contribution in [0.5, 0.6) is 0 Å². The average Bonchev–Trinajstić information content (AvgIpc) is 2.85. The molecule has 0 radical (unpaired) electrons. The number of hydrogen-bond donors (Lipinski definition) is 1. The molecule has 0 aliphatic carbocycles. The molecule has 2 aromatic rings. The first kappa shape index (κ1) is 12.8. The molecule has 0 aliphatic heterocycles. The van der Waals surface area contributed by atoms with Gasteiger partial charge in [0, 0.05) is 6.54 Å². The summed E-state index contributed by atoms with van der Waals surface area (Å²) in [6, 6.07) is 10.5. The molecule has 96 valence electrons. The molecule has 4 heteroatoms. The fourth-order valence-electron chi connectivity index (χ4n) is 1.85. The minimum Gasteiger partial charge on any atom is -0.310 e. The summed E-state index contributed by atoms with van der Waals surface area (Å²) in [7, 11) is 0. The van der Waals surface area contributed by atoms with Crippen LogP contribution in [0.1, 0.15) is 24.7 Å². The van der Waals surface area contributed by atoms with Crippen LogP contribution >= 0.6 is 0 Å². The van der Waals surface area contributed by atoms with E-state index in [1.165, 1.54) is 5.56 Å². The fourth-order valence-corrected chi connectivity index (χ4v) is 1.85. The van der Waals surface area contributed by atoms with Gasteiger partial charge in [-0.2, -0.15) is 5.10 Å². The van der Waals surface area contributed by atoms with Gasteiger partial charge in [0.2, 0.25) is 0 Å². The lowest BCUT2D eigenvalue weighted by Gasteiger charge is -2.01. The molecule has 1 N–H and O–H groups in total. The summed E-state index contributed by atoms with van der Waals surface area (Å²) in [5, 5.41) is 7.64. The van der Waals surface area contributed by atoms with Crippen LogP contribution in [-0.4, -0.2) is 21.3 Å². The zero-order chi connectivity index (χ0) is 12.6. The summed E-state index contributed by atoms with van der Waals surface area (Å²) in [5.74, 6) is 0.872. The van der Waals surface area contributed by atoms with Crippen molar-refractivity contribution < 1.29 is 0 Å². The lowest BCUT2D eigenvalue weighted by molar-refractivity contribution is 0.566. The molecule has 0 saturated heterocycles. The Morgan fingerprint density at radius 2 is 2.06 bits per heavy atom. The molecule has 1 aromatic carbocycles. The summed E-state index contributed by atoms with van der Waals surface area (Å²) in [6.07, 6.45) is 3.99. The van der Waals surface area contributed by atoms with Crippen molar-refractivity contribution in [2.24, 2.45) is 0 Å². The van der Waals surface area contributed by atoms with E-state index in [-0.39, 0.29) is 0 Å². The molecule has 2 rings (SSSR count). The average molecular weight is 244 g/mol. The molecule has 1 aromatic heterocycles. The van der Waals surface area contributed by atoms with Crippen molar-refractivity contribution in [2.45, 2.75) is 32.9 Å². The molecule has 0 atom stereocenters. The minimum atomic E-state index is 0.752. The maximum Gasteiger partial charge on any atom is 0.164 e. The highest BCUT2D eigenvalue weighted by Gasteiger charge is 2.00. The van der Waals surface area contributed by atoms with Crippen molar-refractivity contribution in [1.29, 1.82) is 0 Å². The summed E-state index contributed by atoms with van der Waals surface area (Å²) >= 11 is 0. The van der Waals surface area contributed by atoms with Crippen LogP contribution in [0, 0.1) is 0 Å². The van der Waals surface area contributed by atoms with Gasteiger partial charge in [-0.05, 0) is 24.9 Å². The Kier molecular flexibility index (Phi) is 4.90. The topological polar surface area (TPSA) is 42.7 Å². The van der Waals surface area contributed by atoms with Gasteiger partial charge in [0.25, 0.3) is 0 Å². The third-order valence-electron chi connectivity index (χ3n) is 2.81. The molecular weight excluding hydrogens is 224 g/mol. The molecule has 0 aliphatic rings. The number of benzene rings is 1. The molecule has 1 heterocycles. The number of hydrogen-bond acceptors (Lipinski definition) is 3.